The van der Waals surface area contributed by atoms with Crippen molar-refractivity contribution in [1.82, 2.24) is 5.43 Å². The number of nitrogens with two attached hydrogens (primary N) is 1. The molecule has 0 bridgehead atoms. The van der Waals surface area contributed by atoms with E-state index in [0.29, 0.717) is 18.5 Å². The summed E-state index contributed by atoms with van der Waals surface area (Å²) in [6.07, 6.45) is 4.51. The van der Waals surface area contributed by atoms with Crippen molar-refractivity contribution >= 4 is 5.84 Å². The maximum atomic E-state index is 5.90. The van der Waals surface area contributed by atoms with Crippen LogP contribution in [0.25, 0.3) is 0 Å². The molecule has 5 nitrogen and oxygen atoms in total. The Morgan fingerprint density at radius 2 is 1.95 bits per heavy atom. The standard InChI is InChI=1S/C14H19N3O2/c15-17-14(16-10-5-1-2-6-10)13-9-18-11-7-3-4-8-12(11)19-13/h3-4,7-8,10,13H,1-2,5-6,9,15H2,(H,16,17). The number of rotatable bonds is 2. The molecule has 3 N–H and O–H groups in total. The zero-order chi connectivity index (χ0) is 13.1. The van der Waals surface area contributed by atoms with Crippen molar-refractivity contribution < 1.29 is 9.47 Å². The summed E-state index contributed by atoms with van der Waals surface area (Å²) in [5, 5.41) is 0. The van der Waals surface area contributed by atoms with Crippen molar-refractivity contribution in [3.8, 4) is 11.5 Å². The first-order chi connectivity index (χ1) is 9.36. The fourth-order valence-corrected chi connectivity index (χ4v) is 2.60. The zero-order valence-electron chi connectivity index (χ0n) is 10.8. The topological polar surface area (TPSA) is 68.9 Å². The molecule has 1 fully saturated rings. The summed E-state index contributed by atoms with van der Waals surface area (Å²) in [6.45, 7) is 0.437. The summed E-state index contributed by atoms with van der Waals surface area (Å²) in [6, 6.07) is 8.01. The molecule has 0 radical (unpaired) electrons. The predicted molar refractivity (Wildman–Crippen MR) is 73.4 cm³/mol. The highest BCUT2D eigenvalue weighted by atomic mass is 16.6. The van der Waals surface area contributed by atoms with Crippen molar-refractivity contribution in [2.75, 3.05) is 6.61 Å². The third-order valence-electron chi connectivity index (χ3n) is 3.61. The Labute approximate surface area is 112 Å². The number of hydrogen-bond donors (Lipinski definition) is 2. The maximum absolute atomic E-state index is 5.90. The summed E-state index contributed by atoms with van der Waals surface area (Å²) >= 11 is 0. The Kier molecular flexibility index (Phi) is 3.55. The van der Waals surface area contributed by atoms with E-state index in [0.717, 1.165) is 24.3 Å². The van der Waals surface area contributed by atoms with Crippen LogP contribution in [0.5, 0.6) is 11.5 Å². The molecule has 1 aliphatic heterocycles. The van der Waals surface area contributed by atoms with Gasteiger partial charge in [-0.1, -0.05) is 25.0 Å². The van der Waals surface area contributed by atoms with Crippen LogP contribution >= 0.6 is 0 Å². The van der Waals surface area contributed by atoms with Crippen LogP contribution in [-0.4, -0.2) is 24.6 Å². The van der Waals surface area contributed by atoms with Gasteiger partial charge in [-0.15, -0.1) is 0 Å². The molecule has 0 amide bonds. The van der Waals surface area contributed by atoms with E-state index in [4.69, 9.17) is 15.3 Å². The average Bonchev–Trinajstić information content (AvgIpc) is 2.97. The molecule has 19 heavy (non-hydrogen) atoms. The van der Waals surface area contributed by atoms with Gasteiger partial charge in [0, 0.05) is 0 Å². The maximum Gasteiger partial charge on any atom is 0.190 e. The SMILES string of the molecule is NNC(=NC1CCCC1)C1COc2ccccc2O1. The average molecular weight is 261 g/mol. The third-order valence-corrected chi connectivity index (χ3v) is 3.61. The number of hydrogen-bond acceptors (Lipinski definition) is 4. The molecule has 102 valence electrons. The summed E-state index contributed by atoms with van der Waals surface area (Å²) in [4.78, 5) is 4.67. The monoisotopic (exact) mass is 261 g/mol. The second-order valence-corrected chi connectivity index (χ2v) is 4.96. The lowest BCUT2D eigenvalue weighted by Crippen LogP contribution is -2.47. The number of nitrogens with one attached hydrogen (secondary N) is 1. The molecule has 0 aromatic heterocycles. The van der Waals surface area contributed by atoms with E-state index in [2.05, 4.69) is 10.4 Å². The van der Waals surface area contributed by atoms with Gasteiger partial charge in [0.15, 0.2) is 23.4 Å². The van der Waals surface area contributed by atoms with E-state index < -0.39 is 0 Å². The highest BCUT2D eigenvalue weighted by Gasteiger charge is 2.26. The first-order valence-electron chi connectivity index (χ1n) is 6.79. The van der Waals surface area contributed by atoms with E-state index in [-0.39, 0.29) is 6.10 Å². The first kappa shape index (κ1) is 12.3. The lowest BCUT2D eigenvalue weighted by atomic mass is 10.2. The molecular weight excluding hydrogens is 242 g/mol. The molecule has 1 heterocycles. The second kappa shape index (κ2) is 5.48. The summed E-state index contributed by atoms with van der Waals surface area (Å²) < 4.78 is 11.6. The van der Waals surface area contributed by atoms with Gasteiger partial charge in [0.05, 0.1) is 6.04 Å². The van der Waals surface area contributed by atoms with Crippen LogP contribution < -0.4 is 20.7 Å². The Morgan fingerprint density at radius 1 is 1.21 bits per heavy atom. The highest BCUT2D eigenvalue weighted by molar-refractivity contribution is 5.87. The van der Waals surface area contributed by atoms with Gasteiger partial charge in [-0.25, -0.2) is 5.84 Å². The second-order valence-electron chi connectivity index (χ2n) is 4.96. The van der Waals surface area contributed by atoms with Crippen molar-refractivity contribution in [2.24, 2.45) is 10.8 Å². The molecule has 5 heteroatoms. The number of aliphatic imine (C=N–C) groups is 1. The van der Waals surface area contributed by atoms with Gasteiger partial charge >= 0.3 is 0 Å². The molecule has 3 rings (SSSR count). The van der Waals surface area contributed by atoms with Gasteiger partial charge in [0.1, 0.15) is 6.61 Å². The van der Waals surface area contributed by atoms with Gasteiger partial charge in [-0.05, 0) is 25.0 Å². The van der Waals surface area contributed by atoms with Crippen molar-refractivity contribution in [2.45, 2.75) is 37.8 Å². The molecule has 1 saturated carbocycles. The Morgan fingerprint density at radius 3 is 2.68 bits per heavy atom. The molecule has 1 unspecified atom stereocenters. The van der Waals surface area contributed by atoms with Crippen molar-refractivity contribution in [1.29, 1.82) is 0 Å². The molecule has 0 spiro atoms. The summed E-state index contributed by atoms with van der Waals surface area (Å²) in [5.41, 5.74) is 2.67. The van der Waals surface area contributed by atoms with E-state index in [1.807, 2.05) is 24.3 Å². The summed E-state index contributed by atoms with van der Waals surface area (Å²) in [7, 11) is 0. The molecule has 1 aliphatic carbocycles. The van der Waals surface area contributed by atoms with Crippen LogP contribution in [0.2, 0.25) is 0 Å². The van der Waals surface area contributed by atoms with Gasteiger partial charge in [-0.3, -0.25) is 4.99 Å². The summed E-state index contributed by atoms with van der Waals surface area (Å²) in [5.74, 6) is 7.78. The van der Waals surface area contributed by atoms with E-state index in [1.54, 1.807) is 0 Å². The number of benzene rings is 1. The lowest BCUT2D eigenvalue weighted by molar-refractivity contribution is 0.132. The smallest absolute Gasteiger partial charge is 0.190 e. The van der Waals surface area contributed by atoms with Crippen LogP contribution in [0.15, 0.2) is 29.3 Å². The van der Waals surface area contributed by atoms with Crippen LogP contribution in [-0.2, 0) is 0 Å². The van der Waals surface area contributed by atoms with E-state index in [9.17, 15) is 0 Å². The first-order valence-corrected chi connectivity index (χ1v) is 6.79. The molecule has 2 aliphatic rings. The molecular formula is C14H19N3O2. The van der Waals surface area contributed by atoms with Gasteiger partial charge < -0.3 is 14.9 Å². The fraction of sp³-hybridized carbons (Fsp3) is 0.500. The molecule has 1 atom stereocenters. The van der Waals surface area contributed by atoms with Crippen molar-refractivity contribution in [3.05, 3.63) is 24.3 Å². The normalized spacial score (nSPS) is 23.4. The van der Waals surface area contributed by atoms with Crippen LogP contribution in [0, 0.1) is 0 Å². The van der Waals surface area contributed by atoms with Crippen LogP contribution in [0.3, 0.4) is 0 Å². The number of ether oxygens (including phenoxy) is 2. The molecule has 1 aromatic rings. The highest BCUT2D eigenvalue weighted by Crippen LogP contribution is 2.31. The minimum Gasteiger partial charge on any atom is -0.485 e. The van der Waals surface area contributed by atoms with Crippen LogP contribution in [0.4, 0.5) is 0 Å². The quantitative estimate of drug-likeness (QED) is 0.367. The lowest BCUT2D eigenvalue weighted by Gasteiger charge is -2.27. The van der Waals surface area contributed by atoms with E-state index in [1.165, 1.54) is 12.8 Å². The van der Waals surface area contributed by atoms with Gasteiger partial charge in [-0.2, -0.15) is 0 Å². The minimum atomic E-state index is -0.250. The van der Waals surface area contributed by atoms with Gasteiger partial charge in [0.25, 0.3) is 0 Å². The molecule has 1 aromatic carbocycles. The Bertz CT molecular complexity index is 470. The number of amidine groups is 1. The minimum absolute atomic E-state index is 0.250. The number of para-hydroxylation sites is 2. The Hall–Kier alpha value is -1.75. The fourth-order valence-electron chi connectivity index (χ4n) is 2.60. The molecule has 0 saturated heterocycles. The third kappa shape index (κ3) is 2.66. The number of nitrogens with zero attached hydrogens (tertiary/aromatic N) is 1. The van der Waals surface area contributed by atoms with Crippen LogP contribution in [0.1, 0.15) is 25.7 Å². The largest absolute Gasteiger partial charge is 0.485 e. The van der Waals surface area contributed by atoms with Gasteiger partial charge in [0.2, 0.25) is 0 Å². The zero-order valence-corrected chi connectivity index (χ0v) is 10.8. The number of fused-ring (bicyclic) bond motifs is 1. The predicted octanol–water partition coefficient (Wildman–Crippen LogP) is 1.63. The van der Waals surface area contributed by atoms with E-state index >= 15 is 0 Å². The van der Waals surface area contributed by atoms with Crippen molar-refractivity contribution in [3.63, 3.8) is 0 Å². The Balaban J connectivity index is 1.75. The number of hydrazine groups is 1.